The smallest absolute Gasteiger partial charge is 0.243 e. The molecule has 0 aromatic heterocycles. The minimum absolute atomic E-state index is 0.0927. The first-order valence-corrected chi connectivity index (χ1v) is 4.97. The molecule has 0 radical (unpaired) electrons. The first kappa shape index (κ1) is 11.3. The Morgan fingerprint density at radius 1 is 1.40 bits per heavy atom. The quantitative estimate of drug-likeness (QED) is 0.738. The van der Waals surface area contributed by atoms with Crippen LogP contribution in [0.5, 0.6) is 5.75 Å². The molecule has 3 heteroatoms. The Morgan fingerprint density at radius 2 is 2.07 bits per heavy atom. The van der Waals surface area contributed by atoms with Gasteiger partial charge in [-0.05, 0) is 30.2 Å². The third-order valence-corrected chi connectivity index (χ3v) is 1.87. The number of hydrogen-bond donors (Lipinski definition) is 2. The van der Waals surface area contributed by atoms with Crippen molar-refractivity contribution in [2.75, 3.05) is 6.54 Å². The van der Waals surface area contributed by atoms with Crippen LogP contribution in [0.1, 0.15) is 18.9 Å². The number of phenols is 1. The third kappa shape index (κ3) is 4.31. The summed E-state index contributed by atoms with van der Waals surface area (Å²) in [7, 11) is 0. The van der Waals surface area contributed by atoms with Gasteiger partial charge in [0, 0.05) is 12.6 Å². The van der Waals surface area contributed by atoms with Crippen molar-refractivity contribution in [3.05, 3.63) is 35.9 Å². The highest BCUT2D eigenvalue weighted by molar-refractivity contribution is 5.91. The molecule has 1 rings (SSSR count). The van der Waals surface area contributed by atoms with E-state index in [2.05, 4.69) is 5.32 Å². The predicted molar refractivity (Wildman–Crippen MR) is 60.4 cm³/mol. The molecule has 0 saturated heterocycles. The second-order valence-corrected chi connectivity index (χ2v) is 3.22. The van der Waals surface area contributed by atoms with E-state index in [4.69, 9.17) is 5.11 Å². The zero-order valence-electron chi connectivity index (χ0n) is 8.73. The summed E-state index contributed by atoms with van der Waals surface area (Å²) in [5.74, 6) is 0.132. The lowest BCUT2D eigenvalue weighted by molar-refractivity contribution is -0.116. The van der Waals surface area contributed by atoms with Gasteiger partial charge in [-0.2, -0.15) is 0 Å². The number of aromatic hydroxyl groups is 1. The van der Waals surface area contributed by atoms with Gasteiger partial charge in [-0.3, -0.25) is 4.79 Å². The highest BCUT2D eigenvalue weighted by Crippen LogP contribution is 2.10. The molecule has 1 amide bonds. The van der Waals surface area contributed by atoms with E-state index < -0.39 is 0 Å². The third-order valence-electron chi connectivity index (χ3n) is 1.87. The van der Waals surface area contributed by atoms with Gasteiger partial charge in [0.15, 0.2) is 0 Å². The first-order valence-electron chi connectivity index (χ1n) is 4.97. The maximum atomic E-state index is 11.2. The highest BCUT2D eigenvalue weighted by Gasteiger charge is 1.93. The van der Waals surface area contributed by atoms with Crippen LogP contribution in [0.2, 0.25) is 0 Å². The second kappa shape index (κ2) is 5.86. The monoisotopic (exact) mass is 205 g/mol. The van der Waals surface area contributed by atoms with E-state index in [0.717, 1.165) is 12.0 Å². The van der Waals surface area contributed by atoms with Crippen LogP contribution in [-0.4, -0.2) is 17.6 Å². The number of carbonyl (C=O) groups excluding carboxylic acids is 1. The van der Waals surface area contributed by atoms with E-state index in [9.17, 15) is 4.79 Å². The minimum atomic E-state index is -0.0927. The average Bonchev–Trinajstić information content (AvgIpc) is 2.25. The molecule has 0 unspecified atom stereocenters. The number of phenolic OH excluding ortho intramolecular Hbond substituents is 1. The predicted octanol–water partition coefficient (Wildman–Crippen LogP) is 1.93. The van der Waals surface area contributed by atoms with Gasteiger partial charge in [0.25, 0.3) is 0 Å². The summed E-state index contributed by atoms with van der Waals surface area (Å²) in [6.45, 7) is 2.70. The van der Waals surface area contributed by atoms with E-state index in [1.807, 2.05) is 6.92 Å². The zero-order chi connectivity index (χ0) is 11.1. The lowest BCUT2D eigenvalue weighted by atomic mass is 10.2. The van der Waals surface area contributed by atoms with Crippen molar-refractivity contribution in [1.82, 2.24) is 5.32 Å². The Hall–Kier alpha value is -1.77. The maximum absolute atomic E-state index is 11.2. The summed E-state index contributed by atoms with van der Waals surface area (Å²) in [6.07, 6.45) is 4.13. The summed E-state index contributed by atoms with van der Waals surface area (Å²) in [6, 6.07) is 6.67. The average molecular weight is 205 g/mol. The molecule has 0 aliphatic heterocycles. The molecule has 0 atom stereocenters. The number of carbonyl (C=O) groups is 1. The van der Waals surface area contributed by atoms with Crippen LogP contribution < -0.4 is 5.32 Å². The first-order chi connectivity index (χ1) is 7.22. The zero-order valence-corrected chi connectivity index (χ0v) is 8.73. The number of amides is 1. The normalized spacial score (nSPS) is 10.5. The van der Waals surface area contributed by atoms with Gasteiger partial charge >= 0.3 is 0 Å². The van der Waals surface area contributed by atoms with E-state index in [1.54, 1.807) is 30.3 Å². The van der Waals surface area contributed by atoms with Crippen molar-refractivity contribution in [2.24, 2.45) is 0 Å². The molecule has 15 heavy (non-hydrogen) atoms. The Labute approximate surface area is 89.4 Å². The van der Waals surface area contributed by atoms with Crippen LogP contribution in [0.4, 0.5) is 0 Å². The molecule has 0 saturated carbocycles. The fourth-order valence-electron chi connectivity index (χ4n) is 1.06. The van der Waals surface area contributed by atoms with Gasteiger partial charge in [-0.1, -0.05) is 19.1 Å². The topological polar surface area (TPSA) is 49.3 Å². The molecular weight excluding hydrogens is 190 g/mol. The van der Waals surface area contributed by atoms with Crippen LogP contribution >= 0.6 is 0 Å². The molecular formula is C12H15NO2. The van der Waals surface area contributed by atoms with E-state index >= 15 is 0 Å². The summed E-state index contributed by atoms with van der Waals surface area (Å²) in [5, 5.41) is 11.8. The molecule has 3 nitrogen and oxygen atoms in total. The number of hydrogen-bond acceptors (Lipinski definition) is 2. The Balaban J connectivity index is 2.50. The highest BCUT2D eigenvalue weighted by atomic mass is 16.3. The van der Waals surface area contributed by atoms with E-state index in [-0.39, 0.29) is 11.7 Å². The van der Waals surface area contributed by atoms with Gasteiger partial charge < -0.3 is 10.4 Å². The van der Waals surface area contributed by atoms with Crippen molar-refractivity contribution >= 4 is 12.0 Å². The van der Waals surface area contributed by atoms with Crippen LogP contribution in [0.15, 0.2) is 30.3 Å². The van der Waals surface area contributed by atoms with Crippen molar-refractivity contribution in [3.8, 4) is 5.75 Å². The fourth-order valence-corrected chi connectivity index (χ4v) is 1.06. The fraction of sp³-hybridized carbons (Fsp3) is 0.250. The van der Waals surface area contributed by atoms with E-state index in [0.29, 0.717) is 6.54 Å². The van der Waals surface area contributed by atoms with Crippen LogP contribution in [0.3, 0.4) is 0 Å². The minimum Gasteiger partial charge on any atom is -0.508 e. The molecule has 0 aliphatic carbocycles. The molecule has 0 bridgehead atoms. The molecule has 0 spiro atoms. The van der Waals surface area contributed by atoms with Gasteiger partial charge in [-0.15, -0.1) is 0 Å². The lowest BCUT2D eigenvalue weighted by Gasteiger charge is -1.97. The Morgan fingerprint density at radius 3 is 2.67 bits per heavy atom. The molecule has 0 aliphatic rings. The summed E-state index contributed by atoms with van der Waals surface area (Å²) >= 11 is 0. The maximum Gasteiger partial charge on any atom is 0.243 e. The molecule has 80 valence electrons. The summed E-state index contributed by atoms with van der Waals surface area (Å²) < 4.78 is 0. The van der Waals surface area contributed by atoms with Crippen LogP contribution in [0.25, 0.3) is 6.08 Å². The van der Waals surface area contributed by atoms with Crippen LogP contribution in [0, 0.1) is 0 Å². The van der Waals surface area contributed by atoms with Crippen molar-refractivity contribution in [2.45, 2.75) is 13.3 Å². The van der Waals surface area contributed by atoms with Crippen LogP contribution in [-0.2, 0) is 4.79 Å². The van der Waals surface area contributed by atoms with Crippen molar-refractivity contribution in [3.63, 3.8) is 0 Å². The molecule has 1 aromatic rings. The van der Waals surface area contributed by atoms with Gasteiger partial charge in [0.05, 0.1) is 0 Å². The second-order valence-electron chi connectivity index (χ2n) is 3.22. The lowest BCUT2D eigenvalue weighted by Crippen LogP contribution is -2.21. The number of rotatable bonds is 4. The largest absolute Gasteiger partial charge is 0.508 e. The Kier molecular flexibility index (Phi) is 4.41. The van der Waals surface area contributed by atoms with E-state index in [1.165, 1.54) is 6.08 Å². The van der Waals surface area contributed by atoms with Gasteiger partial charge in [-0.25, -0.2) is 0 Å². The summed E-state index contributed by atoms with van der Waals surface area (Å²) in [4.78, 5) is 11.2. The standard InChI is InChI=1S/C12H15NO2/c1-2-9-13-12(15)8-5-10-3-6-11(14)7-4-10/h3-8,14H,2,9H2,1H3,(H,13,15). The van der Waals surface area contributed by atoms with Gasteiger partial charge in [0.1, 0.15) is 5.75 Å². The molecule has 2 N–H and O–H groups in total. The van der Waals surface area contributed by atoms with Gasteiger partial charge in [0.2, 0.25) is 5.91 Å². The van der Waals surface area contributed by atoms with Crippen molar-refractivity contribution in [1.29, 1.82) is 0 Å². The number of benzene rings is 1. The molecule has 0 fully saturated rings. The summed E-state index contributed by atoms with van der Waals surface area (Å²) in [5.41, 5.74) is 0.888. The molecule has 0 heterocycles. The van der Waals surface area contributed by atoms with Crippen molar-refractivity contribution < 1.29 is 9.90 Å². The number of nitrogens with one attached hydrogen (secondary N) is 1. The Bertz CT molecular complexity index is 341. The SMILES string of the molecule is CCCNC(=O)C=Cc1ccc(O)cc1. The molecule has 1 aromatic carbocycles.